The van der Waals surface area contributed by atoms with Gasteiger partial charge < -0.3 is 0 Å². The van der Waals surface area contributed by atoms with Crippen LogP contribution in [0.25, 0.3) is 0 Å². The van der Waals surface area contributed by atoms with Crippen molar-refractivity contribution in [2.24, 2.45) is 29.6 Å². The Hall–Kier alpha value is 0. The molecule has 0 saturated heterocycles. The van der Waals surface area contributed by atoms with Crippen LogP contribution in [0.5, 0.6) is 0 Å². The van der Waals surface area contributed by atoms with Crippen molar-refractivity contribution in [3.8, 4) is 0 Å². The Kier molecular flexibility index (Phi) is 1.74. The minimum Gasteiger partial charge on any atom is -0.0625 e. The van der Waals surface area contributed by atoms with Crippen LogP contribution in [0.2, 0.25) is 0 Å². The fourth-order valence-electron chi connectivity index (χ4n) is 3.42. The van der Waals surface area contributed by atoms with E-state index in [9.17, 15) is 0 Å². The van der Waals surface area contributed by atoms with E-state index in [-0.39, 0.29) is 0 Å². The summed E-state index contributed by atoms with van der Waals surface area (Å²) in [6.07, 6.45) is 4.64. The quantitative estimate of drug-likeness (QED) is 0.540. The molecule has 0 aromatic heterocycles. The zero-order valence-corrected chi connectivity index (χ0v) is 8.01. The molecule has 2 fully saturated rings. The summed E-state index contributed by atoms with van der Waals surface area (Å²) in [7, 11) is 0. The number of hydrogen-bond donors (Lipinski definition) is 0. The van der Waals surface area contributed by atoms with Gasteiger partial charge in [-0.1, -0.05) is 20.8 Å². The lowest BCUT2D eigenvalue weighted by atomic mass is 9.77. The molecule has 0 aromatic rings. The summed E-state index contributed by atoms with van der Waals surface area (Å²) in [5.41, 5.74) is 0. The Morgan fingerprint density at radius 2 is 1.73 bits per heavy atom. The van der Waals surface area contributed by atoms with Gasteiger partial charge in [0.25, 0.3) is 0 Å². The Morgan fingerprint density at radius 3 is 2.09 bits per heavy atom. The van der Waals surface area contributed by atoms with Gasteiger partial charge in [0.1, 0.15) is 0 Å². The van der Waals surface area contributed by atoms with Gasteiger partial charge >= 0.3 is 0 Å². The highest BCUT2D eigenvalue weighted by molar-refractivity contribution is 4.94. The van der Waals surface area contributed by atoms with Gasteiger partial charge in [0.15, 0.2) is 0 Å². The molecule has 2 bridgehead atoms. The molecule has 0 N–H and O–H groups in total. The van der Waals surface area contributed by atoms with Crippen molar-refractivity contribution in [2.75, 3.05) is 0 Å². The molecule has 2 aliphatic rings. The van der Waals surface area contributed by atoms with E-state index >= 15 is 0 Å². The zero-order valence-electron chi connectivity index (χ0n) is 8.01. The molecule has 0 radical (unpaired) electrons. The van der Waals surface area contributed by atoms with Gasteiger partial charge in [-0.3, -0.25) is 0 Å². The van der Waals surface area contributed by atoms with Gasteiger partial charge in [0.2, 0.25) is 0 Å². The molecule has 0 spiro atoms. The monoisotopic (exact) mass is 152 g/mol. The van der Waals surface area contributed by atoms with E-state index in [2.05, 4.69) is 20.8 Å². The zero-order chi connectivity index (χ0) is 8.01. The van der Waals surface area contributed by atoms with Crippen LogP contribution < -0.4 is 0 Å². The van der Waals surface area contributed by atoms with E-state index in [4.69, 9.17) is 0 Å². The maximum Gasteiger partial charge on any atom is -0.0360 e. The molecule has 0 aliphatic heterocycles. The summed E-state index contributed by atoms with van der Waals surface area (Å²) in [5.74, 6) is 5.28. The van der Waals surface area contributed by atoms with Gasteiger partial charge in [-0.25, -0.2) is 0 Å². The second-order valence-corrected chi connectivity index (χ2v) is 5.11. The molecule has 4 atom stereocenters. The van der Waals surface area contributed by atoms with Crippen LogP contribution in [0.4, 0.5) is 0 Å². The number of fused-ring (bicyclic) bond motifs is 2. The van der Waals surface area contributed by atoms with Crippen molar-refractivity contribution in [1.29, 1.82) is 0 Å². The van der Waals surface area contributed by atoms with Crippen LogP contribution in [-0.2, 0) is 0 Å². The van der Waals surface area contributed by atoms with E-state index in [1.54, 1.807) is 12.8 Å². The maximum absolute atomic E-state index is 2.45. The first-order chi connectivity index (χ1) is 5.18. The molecule has 0 aromatic carbocycles. The van der Waals surface area contributed by atoms with E-state index < -0.39 is 0 Å². The largest absolute Gasteiger partial charge is 0.0625 e. The second kappa shape index (κ2) is 2.50. The predicted octanol–water partition coefficient (Wildman–Crippen LogP) is 3.32. The topological polar surface area (TPSA) is 0 Å². The van der Waals surface area contributed by atoms with Crippen LogP contribution in [-0.4, -0.2) is 0 Å². The molecule has 0 amide bonds. The molecular formula is C11H20. The lowest BCUT2D eigenvalue weighted by Gasteiger charge is -2.28. The Morgan fingerprint density at radius 1 is 1.00 bits per heavy atom. The van der Waals surface area contributed by atoms with E-state index in [1.807, 2.05) is 0 Å². The fourth-order valence-corrected chi connectivity index (χ4v) is 3.42. The van der Waals surface area contributed by atoms with Crippen molar-refractivity contribution >= 4 is 0 Å². The minimum absolute atomic E-state index is 0.942. The number of rotatable bonds is 1. The average molecular weight is 152 g/mol. The summed E-state index contributed by atoms with van der Waals surface area (Å²) < 4.78 is 0. The second-order valence-electron chi connectivity index (χ2n) is 5.11. The van der Waals surface area contributed by atoms with Gasteiger partial charge in [0, 0.05) is 0 Å². The van der Waals surface area contributed by atoms with Gasteiger partial charge in [-0.2, -0.15) is 0 Å². The van der Waals surface area contributed by atoms with E-state index in [1.165, 1.54) is 6.42 Å². The predicted molar refractivity (Wildman–Crippen MR) is 48.3 cm³/mol. The van der Waals surface area contributed by atoms with Crippen LogP contribution in [0, 0.1) is 29.6 Å². The Balaban J connectivity index is 2.02. The highest BCUT2D eigenvalue weighted by Gasteiger charge is 2.44. The van der Waals surface area contributed by atoms with Crippen molar-refractivity contribution in [3.05, 3.63) is 0 Å². The highest BCUT2D eigenvalue weighted by atomic mass is 14.5. The van der Waals surface area contributed by atoms with Gasteiger partial charge in [-0.05, 0) is 48.9 Å². The van der Waals surface area contributed by atoms with Crippen molar-refractivity contribution in [1.82, 2.24) is 0 Å². The number of hydrogen-bond acceptors (Lipinski definition) is 0. The third-order valence-electron chi connectivity index (χ3n) is 4.12. The molecule has 0 heterocycles. The minimum atomic E-state index is 0.942. The van der Waals surface area contributed by atoms with Crippen molar-refractivity contribution in [2.45, 2.75) is 40.0 Å². The molecule has 11 heavy (non-hydrogen) atoms. The van der Waals surface area contributed by atoms with Crippen LogP contribution in [0.3, 0.4) is 0 Å². The first-order valence-electron chi connectivity index (χ1n) is 5.18. The normalized spacial score (nSPS) is 49.1. The third-order valence-corrected chi connectivity index (χ3v) is 4.12. The summed E-state index contributed by atoms with van der Waals surface area (Å²) >= 11 is 0. The first-order valence-corrected chi connectivity index (χ1v) is 5.18. The lowest BCUT2D eigenvalue weighted by Crippen LogP contribution is -2.19. The average Bonchev–Trinajstić information content (AvgIpc) is 2.43. The molecule has 2 saturated carbocycles. The molecular weight excluding hydrogens is 132 g/mol. The Bertz CT molecular complexity index is 146. The smallest absolute Gasteiger partial charge is 0.0360 e. The van der Waals surface area contributed by atoms with Gasteiger partial charge in [-0.15, -0.1) is 0 Å². The standard InChI is InChI=1S/C11H20/c1-7(2)11-6-9-5-10(11)4-8(9)3/h7-11H,4-6H2,1-3H3. The first kappa shape index (κ1) is 7.64. The van der Waals surface area contributed by atoms with Crippen molar-refractivity contribution < 1.29 is 0 Å². The third kappa shape index (κ3) is 1.11. The molecule has 4 unspecified atom stereocenters. The summed E-state index contributed by atoms with van der Waals surface area (Å²) in [5, 5.41) is 0. The van der Waals surface area contributed by atoms with E-state index in [0.29, 0.717) is 0 Å². The Labute approximate surface area is 70.4 Å². The molecule has 64 valence electrons. The molecule has 2 aliphatic carbocycles. The fraction of sp³-hybridized carbons (Fsp3) is 1.00. The van der Waals surface area contributed by atoms with Gasteiger partial charge in [0.05, 0.1) is 0 Å². The van der Waals surface area contributed by atoms with Crippen LogP contribution in [0.1, 0.15) is 40.0 Å². The summed E-state index contributed by atoms with van der Waals surface area (Å²) in [4.78, 5) is 0. The molecule has 0 heteroatoms. The summed E-state index contributed by atoms with van der Waals surface area (Å²) in [6.45, 7) is 7.24. The molecule has 0 nitrogen and oxygen atoms in total. The lowest BCUT2D eigenvalue weighted by molar-refractivity contribution is 0.217. The van der Waals surface area contributed by atoms with Crippen LogP contribution >= 0.6 is 0 Å². The SMILES string of the molecule is CC(C)C1CC2CC1CC2C. The van der Waals surface area contributed by atoms with E-state index in [0.717, 1.165) is 29.6 Å². The van der Waals surface area contributed by atoms with Crippen molar-refractivity contribution in [3.63, 3.8) is 0 Å². The van der Waals surface area contributed by atoms with Crippen LogP contribution in [0.15, 0.2) is 0 Å². The summed E-state index contributed by atoms with van der Waals surface area (Å²) in [6, 6.07) is 0. The molecule has 2 rings (SSSR count). The maximum atomic E-state index is 2.45. The highest BCUT2D eigenvalue weighted by Crippen LogP contribution is 2.53.